The molecule has 0 fully saturated rings. The summed E-state index contributed by atoms with van der Waals surface area (Å²) in [6.45, 7) is 0.484. The number of aliphatic carboxylic acids is 1. The van der Waals surface area contributed by atoms with Crippen molar-refractivity contribution in [2.24, 2.45) is 11.5 Å². The van der Waals surface area contributed by atoms with E-state index >= 15 is 0 Å². The number of carboxylic acid groups (broad SMARTS) is 1. The molecule has 0 heterocycles. The average Bonchev–Trinajstić information content (AvgIpc) is 2.56. The molecule has 0 spiro atoms. The molecule has 0 aromatic heterocycles. The Kier molecular flexibility index (Phi) is 10.2. The van der Waals surface area contributed by atoms with Crippen LogP contribution >= 0.6 is 0 Å². The van der Waals surface area contributed by atoms with Crippen molar-refractivity contribution in [2.75, 3.05) is 27.2 Å². The number of rotatable bonds is 11. The average molecular weight is 392 g/mol. The van der Waals surface area contributed by atoms with Gasteiger partial charge in [0.1, 0.15) is 6.04 Å². The van der Waals surface area contributed by atoms with Crippen LogP contribution in [0.4, 0.5) is 4.79 Å². The quantitative estimate of drug-likeness (QED) is 0.170. The number of carbonyl (C=O) groups excluding carboxylic acids is 3. The fourth-order valence-electron chi connectivity index (χ4n) is 2.01. The van der Waals surface area contributed by atoms with Crippen LogP contribution in [0.15, 0.2) is 0 Å². The second kappa shape index (κ2) is 11.3. The Balaban J connectivity index is 4.99. The van der Waals surface area contributed by atoms with Crippen LogP contribution in [-0.2, 0) is 14.4 Å². The van der Waals surface area contributed by atoms with Crippen LogP contribution < -0.4 is 22.1 Å². The SMILES string of the molecule is CC(O)[C@H](N)C(=O)N(C)N(C)CC(CC(N)=O)NC(=O)N[C@@H](CO)C(=O)O. The fraction of sp³-hybridized carbons (Fsp3) is 0.714. The van der Waals surface area contributed by atoms with Crippen LogP contribution in [0, 0.1) is 0 Å². The highest BCUT2D eigenvalue weighted by Gasteiger charge is 2.27. The first kappa shape index (κ1) is 24.5. The highest BCUT2D eigenvalue weighted by Crippen LogP contribution is 2.02. The third kappa shape index (κ3) is 8.63. The van der Waals surface area contributed by atoms with E-state index in [-0.39, 0.29) is 13.0 Å². The van der Waals surface area contributed by atoms with E-state index < -0.39 is 54.7 Å². The number of aliphatic hydroxyl groups is 2. The van der Waals surface area contributed by atoms with E-state index in [1.807, 2.05) is 5.32 Å². The molecule has 0 aromatic carbocycles. The van der Waals surface area contributed by atoms with E-state index in [1.165, 1.54) is 26.0 Å². The summed E-state index contributed by atoms with van der Waals surface area (Å²) in [5.41, 5.74) is 10.7. The molecule has 4 amide bonds. The van der Waals surface area contributed by atoms with Crippen molar-refractivity contribution in [2.45, 2.75) is 37.6 Å². The van der Waals surface area contributed by atoms with Gasteiger partial charge in [0, 0.05) is 27.1 Å². The molecule has 156 valence electrons. The summed E-state index contributed by atoms with van der Waals surface area (Å²) in [5.74, 6) is -2.77. The normalized spacial score (nSPS) is 15.4. The standard InChI is InChI=1S/C14H28N6O7/c1-7(22)11(16)12(24)20(3)19(2)5-8(4-10(15)23)17-14(27)18-9(6-21)13(25)26/h7-9,11,21-22H,4-6,16H2,1-3H3,(H2,15,23)(H,25,26)(H2,17,18,27)/t7?,8?,9-,11-/m0/s1. The molecule has 2 unspecified atom stereocenters. The Bertz CT molecular complexity index is 544. The largest absolute Gasteiger partial charge is 0.480 e. The van der Waals surface area contributed by atoms with Gasteiger partial charge in [0.05, 0.1) is 18.8 Å². The lowest BCUT2D eigenvalue weighted by Crippen LogP contribution is -2.57. The Morgan fingerprint density at radius 1 is 1.15 bits per heavy atom. The van der Waals surface area contributed by atoms with E-state index in [9.17, 15) is 24.3 Å². The topological polar surface area (TPSA) is 212 Å². The molecular formula is C14H28N6O7. The number of primary amides is 1. The summed E-state index contributed by atoms with van der Waals surface area (Å²) in [6.07, 6.45) is -1.37. The number of carbonyl (C=O) groups is 4. The molecule has 0 rings (SSSR count). The number of hydrazine groups is 1. The van der Waals surface area contributed by atoms with Crippen molar-refractivity contribution in [3.05, 3.63) is 0 Å². The van der Waals surface area contributed by atoms with Gasteiger partial charge < -0.3 is 37.4 Å². The van der Waals surface area contributed by atoms with Crippen LogP contribution in [0.1, 0.15) is 13.3 Å². The van der Waals surface area contributed by atoms with Gasteiger partial charge in [0.25, 0.3) is 5.91 Å². The maximum Gasteiger partial charge on any atom is 0.328 e. The zero-order valence-corrected chi connectivity index (χ0v) is 15.5. The molecule has 0 aliphatic heterocycles. The summed E-state index contributed by atoms with van der Waals surface area (Å²) >= 11 is 0. The summed E-state index contributed by atoms with van der Waals surface area (Å²) in [5, 5.41) is 34.0. The van der Waals surface area contributed by atoms with Gasteiger partial charge in [0.2, 0.25) is 5.91 Å². The van der Waals surface area contributed by atoms with Crippen LogP contribution in [0.5, 0.6) is 0 Å². The van der Waals surface area contributed by atoms with Crippen LogP contribution in [0.3, 0.4) is 0 Å². The minimum Gasteiger partial charge on any atom is -0.480 e. The molecule has 13 heteroatoms. The number of hydrogen-bond donors (Lipinski definition) is 7. The molecule has 27 heavy (non-hydrogen) atoms. The molecular weight excluding hydrogens is 364 g/mol. The van der Waals surface area contributed by atoms with Crippen molar-refractivity contribution < 1.29 is 34.5 Å². The number of carboxylic acids is 1. The Morgan fingerprint density at radius 3 is 2.11 bits per heavy atom. The van der Waals surface area contributed by atoms with Crippen molar-refractivity contribution in [1.29, 1.82) is 0 Å². The lowest BCUT2D eigenvalue weighted by Gasteiger charge is -2.33. The van der Waals surface area contributed by atoms with Crippen LogP contribution in [-0.4, -0.2) is 101 Å². The van der Waals surface area contributed by atoms with E-state index in [2.05, 4.69) is 5.32 Å². The number of amides is 4. The number of nitrogens with two attached hydrogens (primary N) is 2. The van der Waals surface area contributed by atoms with Crippen LogP contribution in [0.25, 0.3) is 0 Å². The molecule has 9 N–H and O–H groups in total. The molecule has 13 nitrogen and oxygen atoms in total. The van der Waals surface area contributed by atoms with Gasteiger partial charge in [-0.3, -0.25) is 14.6 Å². The second-order valence-electron chi connectivity index (χ2n) is 6.03. The highest BCUT2D eigenvalue weighted by molar-refractivity contribution is 5.83. The molecule has 4 atom stereocenters. The van der Waals surface area contributed by atoms with Gasteiger partial charge in [-0.05, 0) is 6.92 Å². The number of likely N-dealkylation sites (N-methyl/N-ethyl adjacent to an activating group) is 2. The van der Waals surface area contributed by atoms with Gasteiger partial charge >= 0.3 is 12.0 Å². The summed E-state index contributed by atoms with van der Waals surface area (Å²) in [6, 6.07) is -4.50. The summed E-state index contributed by atoms with van der Waals surface area (Å²) in [4.78, 5) is 46.1. The van der Waals surface area contributed by atoms with Crippen molar-refractivity contribution in [3.63, 3.8) is 0 Å². The smallest absolute Gasteiger partial charge is 0.328 e. The maximum absolute atomic E-state index is 12.1. The molecule has 0 aliphatic carbocycles. The number of nitrogens with one attached hydrogen (secondary N) is 2. The van der Waals surface area contributed by atoms with Crippen molar-refractivity contribution >= 4 is 23.8 Å². The van der Waals surface area contributed by atoms with Gasteiger partial charge in [-0.25, -0.2) is 14.6 Å². The van der Waals surface area contributed by atoms with Gasteiger partial charge in [-0.1, -0.05) is 0 Å². The van der Waals surface area contributed by atoms with Crippen molar-refractivity contribution in [1.82, 2.24) is 20.7 Å². The van der Waals surface area contributed by atoms with Crippen molar-refractivity contribution in [3.8, 4) is 0 Å². The minimum atomic E-state index is -1.52. The molecule has 0 saturated heterocycles. The lowest BCUT2D eigenvalue weighted by atomic mass is 10.2. The number of hydrogen-bond acceptors (Lipinski definition) is 8. The minimum absolute atomic E-state index is 0.0536. The zero-order chi connectivity index (χ0) is 21.3. The Morgan fingerprint density at radius 2 is 1.70 bits per heavy atom. The first-order chi connectivity index (χ1) is 12.4. The molecule has 0 saturated carbocycles. The lowest BCUT2D eigenvalue weighted by molar-refractivity contribution is -0.148. The third-order valence-electron chi connectivity index (χ3n) is 3.69. The highest BCUT2D eigenvalue weighted by atomic mass is 16.4. The molecule has 0 bridgehead atoms. The van der Waals surface area contributed by atoms with Crippen LogP contribution in [0.2, 0.25) is 0 Å². The van der Waals surface area contributed by atoms with E-state index in [4.69, 9.17) is 21.7 Å². The fourth-order valence-corrected chi connectivity index (χ4v) is 2.01. The van der Waals surface area contributed by atoms with E-state index in [0.29, 0.717) is 0 Å². The van der Waals surface area contributed by atoms with Gasteiger partial charge in [-0.15, -0.1) is 0 Å². The first-order valence-corrected chi connectivity index (χ1v) is 8.01. The predicted octanol–water partition coefficient (Wildman–Crippen LogP) is -4.01. The van der Waals surface area contributed by atoms with E-state index in [1.54, 1.807) is 0 Å². The maximum atomic E-state index is 12.1. The first-order valence-electron chi connectivity index (χ1n) is 8.01. The van der Waals surface area contributed by atoms with Gasteiger partial charge in [-0.2, -0.15) is 0 Å². The number of urea groups is 1. The molecule has 0 aromatic rings. The van der Waals surface area contributed by atoms with E-state index in [0.717, 1.165) is 5.01 Å². The Hall–Kier alpha value is -2.48. The Labute approximate surface area is 156 Å². The predicted molar refractivity (Wildman–Crippen MR) is 92.8 cm³/mol. The zero-order valence-electron chi connectivity index (χ0n) is 15.5. The monoisotopic (exact) mass is 392 g/mol. The molecule has 0 aliphatic rings. The second-order valence-corrected chi connectivity index (χ2v) is 6.03. The summed E-state index contributed by atoms with van der Waals surface area (Å²) < 4.78 is 0. The number of nitrogens with zero attached hydrogens (tertiary/aromatic N) is 2. The molecule has 0 radical (unpaired) electrons. The third-order valence-corrected chi connectivity index (χ3v) is 3.69. The van der Waals surface area contributed by atoms with Gasteiger partial charge in [0.15, 0.2) is 6.04 Å². The number of aliphatic hydroxyl groups excluding tert-OH is 2. The summed E-state index contributed by atoms with van der Waals surface area (Å²) in [7, 11) is 2.87.